The van der Waals surface area contributed by atoms with E-state index in [1.54, 1.807) is 48.6 Å². The molecule has 0 amide bonds. The SMILES string of the molecule is COc1ccc(OCC[C@H]2O[C@H](Cn3ccnc3)[C@@H](O)[C@H]2O)c(Cl)c1.Cl. The Balaban J connectivity index is 0.00000243. The van der Waals surface area contributed by atoms with Crippen molar-refractivity contribution < 1.29 is 24.4 Å². The van der Waals surface area contributed by atoms with Gasteiger partial charge in [-0.05, 0) is 12.1 Å². The number of hydrogen-bond acceptors (Lipinski definition) is 6. The van der Waals surface area contributed by atoms with Gasteiger partial charge in [0, 0.05) is 24.9 Å². The Bertz CT molecular complexity index is 686. The van der Waals surface area contributed by atoms with Gasteiger partial charge < -0.3 is 29.0 Å². The van der Waals surface area contributed by atoms with E-state index in [0.717, 1.165) is 0 Å². The van der Waals surface area contributed by atoms with Gasteiger partial charge in [-0.1, -0.05) is 11.6 Å². The third kappa shape index (κ3) is 4.81. The van der Waals surface area contributed by atoms with Crippen molar-refractivity contribution in [2.45, 2.75) is 37.4 Å². The maximum absolute atomic E-state index is 10.2. The predicted molar refractivity (Wildman–Crippen MR) is 98.3 cm³/mol. The Kier molecular flexibility index (Phi) is 7.55. The van der Waals surface area contributed by atoms with Gasteiger partial charge in [0.1, 0.15) is 29.8 Å². The van der Waals surface area contributed by atoms with Crippen molar-refractivity contribution in [2.75, 3.05) is 13.7 Å². The molecule has 2 N–H and O–H groups in total. The molecule has 9 heteroatoms. The minimum absolute atomic E-state index is 0. The molecular weight excluding hydrogens is 383 g/mol. The molecule has 1 aliphatic rings. The molecule has 1 fully saturated rings. The van der Waals surface area contributed by atoms with E-state index in [0.29, 0.717) is 36.1 Å². The van der Waals surface area contributed by atoms with Gasteiger partial charge in [-0.2, -0.15) is 0 Å². The van der Waals surface area contributed by atoms with Crippen LogP contribution in [0.5, 0.6) is 11.5 Å². The Morgan fingerprint density at radius 3 is 2.69 bits per heavy atom. The molecule has 1 aliphatic heterocycles. The van der Waals surface area contributed by atoms with Gasteiger partial charge >= 0.3 is 0 Å². The highest BCUT2D eigenvalue weighted by Gasteiger charge is 2.42. The summed E-state index contributed by atoms with van der Waals surface area (Å²) in [6, 6.07) is 5.15. The molecule has 144 valence electrons. The lowest BCUT2D eigenvalue weighted by atomic mass is 10.1. The maximum Gasteiger partial charge on any atom is 0.138 e. The summed E-state index contributed by atoms with van der Waals surface area (Å²) in [7, 11) is 1.57. The van der Waals surface area contributed by atoms with Gasteiger partial charge in [0.2, 0.25) is 0 Å². The van der Waals surface area contributed by atoms with E-state index in [1.165, 1.54) is 0 Å². The second-order valence-electron chi connectivity index (χ2n) is 5.89. The molecule has 2 heterocycles. The van der Waals surface area contributed by atoms with Crippen molar-refractivity contribution in [1.82, 2.24) is 9.55 Å². The van der Waals surface area contributed by atoms with Crippen LogP contribution in [0, 0.1) is 0 Å². The molecule has 1 aromatic heterocycles. The Morgan fingerprint density at radius 1 is 1.27 bits per heavy atom. The van der Waals surface area contributed by atoms with Gasteiger partial charge in [0.15, 0.2) is 0 Å². The maximum atomic E-state index is 10.2. The third-order valence-corrected chi connectivity index (χ3v) is 4.51. The average molecular weight is 405 g/mol. The summed E-state index contributed by atoms with van der Waals surface area (Å²) in [4.78, 5) is 3.95. The van der Waals surface area contributed by atoms with Crippen LogP contribution in [-0.2, 0) is 11.3 Å². The zero-order valence-corrected chi connectivity index (χ0v) is 15.8. The van der Waals surface area contributed by atoms with Crippen LogP contribution in [0.1, 0.15) is 6.42 Å². The van der Waals surface area contributed by atoms with E-state index in [4.69, 9.17) is 25.8 Å². The molecule has 3 rings (SSSR count). The number of aromatic nitrogens is 2. The van der Waals surface area contributed by atoms with E-state index < -0.39 is 24.4 Å². The molecule has 2 aromatic rings. The lowest BCUT2D eigenvalue weighted by molar-refractivity contribution is -0.00883. The number of methoxy groups -OCH3 is 1. The molecule has 0 unspecified atom stereocenters. The number of ether oxygens (including phenoxy) is 3. The number of benzene rings is 1. The normalized spacial score (nSPS) is 24.9. The van der Waals surface area contributed by atoms with Crippen LogP contribution in [-0.4, -0.2) is 57.9 Å². The minimum atomic E-state index is -0.955. The molecule has 1 aromatic carbocycles. The third-order valence-electron chi connectivity index (χ3n) is 4.21. The summed E-state index contributed by atoms with van der Waals surface area (Å²) < 4.78 is 18.3. The first kappa shape index (κ1) is 20.8. The number of imidazole rings is 1. The quantitative estimate of drug-likeness (QED) is 0.732. The van der Waals surface area contributed by atoms with Gasteiger partial charge in [0.25, 0.3) is 0 Å². The number of rotatable bonds is 7. The van der Waals surface area contributed by atoms with Crippen LogP contribution in [0.25, 0.3) is 0 Å². The van der Waals surface area contributed by atoms with Crippen molar-refractivity contribution in [3.8, 4) is 11.5 Å². The monoisotopic (exact) mass is 404 g/mol. The fraction of sp³-hybridized carbons (Fsp3) is 0.471. The highest BCUT2D eigenvalue weighted by atomic mass is 35.5. The first-order valence-electron chi connectivity index (χ1n) is 8.02. The van der Waals surface area contributed by atoms with E-state index in [1.807, 2.05) is 0 Å². The number of halogens is 2. The molecule has 26 heavy (non-hydrogen) atoms. The molecule has 1 saturated heterocycles. The predicted octanol–water partition coefficient (Wildman–Crippen LogP) is 1.93. The zero-order chi connectivity index (χ0) is 17.8. The zero-order valence-electron chi connectivity index (χ0n) is 14.2. The molecule has 0 aliphatic carbocycles. The van der Waals surface area contributed by atoms with Crippen molar-refractivity contribution >= 4 is 24.0 Å². The standard InChI is InChI=1S/C17H21ClN2O5.ClH/c1-23-11-2-3-13(12(18)8-11)24-7-4-14-16(21)17(22)15(25-14)9-20-6-5-19-10-20;/h2-3,5-6,8,10,14-17,21-22H,4,7,9H2,1H3;1H/t14-,15-,16+,17-;/m1./s1. The van der Waals surface area contributed by atoms with E-state index in [2.05, 4.69) is 4.98 Å². The Morgan fingerprint density at radius 2 is 2.04 bits per heavy atom. The van der Waals surface area contributed by atoms with Gasteiger partial charge in [0.05, 0.1) is 37.7 Å². The second kappa shape index (κ2) is 9.43. The minimum Gasteiger partial charge on any atom is -0.497 e. The van der Waals surface area contributed by atoms with Crippen molar-refractivity contribution in [3.63, 3.8) is 0 Å². The molecule has 4 atom stereocenters. The molecular formula is C17H22Cl2N2O5. The summed E-state index contributed by atoms with van der Waals surface area (Å²) in [5.74, 6) is 1.18. The Labute approximate surface area is 162 Å². The van der Waals surface area contributed by atoms with Crippen molar-refractivity contribution in [1.29, 1.82) is 0 Å². The highest BCUT2D eigenvalue weighted by Crippen LogP contribution is 2.30. The van der Waals surface area contributed by atoms with Crippen LogP contribution < -0.4 is 9.47 Å². The van der Waals surface area contributed by atoms with Crippen LogP contribution in [0.2, 0.25) is 5.02 Å². The highest BCUT2D eigenvalue weighted by molar-refractivity contribution is 6.32. The second-order valence-corrected chi connectivity index (χ2v) is 6.29. The van der Waals surface area contributed by atoms with Crippen LogP contribution in [0.15, 0.2) is 36.9 Å². The summed E-state index contributed by atoms with van der Waals surface area (Å²) in [6.45, 7) is 0.734. The van der Waals surface area contributed by atoms with Gasteiger partial charge in [-0.3, -0.25) is 0 Å². The first-order valence-corrected chi connectivity index (χ1v) is 8.40. The summed E-state index contributed by atoms with van der Waals surface area (Å²) >= 11 is 6.12. The summed E-state index contributed by atoms with van der Waals surface area (Å²) in [5, 5.41) is 20.8. The Hall–Kier alpha value is -1.51. The lowest BCUT2D eigenvalue weighted by Gasteiger charge is -2.15. The first-order chi connectivity index (χ1) is 12.1. The smallest absolute Gasteiger partial charge is 0.138 e. The number of nitrogens with zero attached hydrogens (tertiary/aromatic N) is 2. The van der Waals surface area contributed by atoms with Crippen LogP contribution in [0.3, 0.4) is 0 Å². The van der Waals surface area contributed by atoms with E-state index in [-0.39, 0.29) is 12.4 Å². The fourth-order valence-corrected chi connectivity index (χ4v) is 3.05. The lowest BCUT2D eigenvalue weighted by Crippen LogP contribution is -2.34. The van der Waals surface area contributed by atoms with Crippen LogP contribution in [0.4, 0.5) is 0 Å². The largest absolute Gasteiger partial charge is 0.497 e. The summed E-state index contributed by atoms with van der Waals surface area (Å²) in [5.41, 5.74) is 0. The number of aliphatic hydroxyl groups is 2. The van der Waals surface area contributed by atoms with Crippen molar-refractivity contribution in [2.24, 2.45) is 0 Å². The topological polar surface area (TPSA) is 86.0 Å². The number of aliphatic hydroxyl groups excluding tert-OH is 2. The average Bonchev–Trinajstić information content (AvgIpc) is 3.21. The van der Waals surface area contributed by atoms with E-state index in [9.17, 15) is 10.2 Å². The van der Waals surface area contributed by atoms with Gasteiger partial charge in [-0.15, -0.1) is 12.4 Å². The summed E-state index contributed by atoms with van der Waals surface area (Å²) in [6.07, 6.45) is 2.62. The molecule has 7 nitrogen and oxygen atoms in total. The molecule has 0 radical (unpaired) electrons. The fourth-order valence-electron chi connectivity index (χ4n) is 2.83. The molecule has 0 bridgehead atoms. The molecule has 0 spiro atoms. The van der Waals surface area contributed by atoms with Crippen molar-refractivity contribution in [3.05, 3.63) is 41.9 Å². The molecule has 0 saturated carbocycles. The van der Waals surface area contributed by atoms with Gasteiger partial charge in [-0.25, -0.2) is 4.98 Å². The van der Waals surface area contributed by atoms with E-state index >= 15 is 0 Å². The van der Waals surface area contributed by atoms with Crippen LogP contribution >= 0.6 is 24.0 Å². The number of hydrogen-bond donors (Lipinski definition) is 2.